The van der Waals surface area contributed by atoms with E-state index < -0.39 is 0 Å². The van der Waals surface area contributed by atoms with Crippen molar-refractivity contribution in [2.45, 2.75) is 32.6 Å². The van der Waals surface area contributed by atoms with E-state index in [-0.39, 0.29) is 0 Å². The molecule has 21 heavy (non-hydrogen) atoms. The number of nitrogens with zero attached hydrogens (tertiary/aromatic N) is 4. The highest BCUT2D eigenvalue weighted by molar-refractivity contribution is 5.59. The van der Waals surface area contributed by atoms with Crippen molar-refractivity contribution in [1.29, 1.82) is 0 Å². The van der Waals surface area contributed by atoms with Crippen LogP contribution >= 0.6 is 0 Å². The molecule has 1 saturated heterocycles. The fourth-order valence-corrected chi connectivity index (χ4v) is 2.62. The molecule has 1 aliphatic heterocycles. The zero-order valence-electron chi connectivity index (χ0n) is 12.4. The molecule has 2 aromatic rings. The van der Waals surface area contributed by atoms with Gasteiger partial charge in [0.25, 0.3) is 0 Å². The molecule has 114 valence electrons. The molecule has 0 aliphatic carbocycles. The van der Waals surface area contributed by atoms with Crippen LogP contribution in [0.4, 0.5) is 5.82 Å². The Hall–Kier alpha value is -1.89. The van der Waals surface area contributed by atoms with Crippen LogP contribution in [0.5, 0.6) is 6.01 Å². The summed E-state index contributed by atoms with van der Waals surface area (Å²) in [5.74, 6) is 0.998. The Labute approximate surface area is 123 Å². The molecule has 2 aromatic heterocycles. The van der Waals surface area contributed by atoms with Gasteiger partial charge in [0, 0.05) is 0 Å². The highest BCUT2D eigenvalue weighted by atomic mass is 16.5. The third-order valence-corrected chi connectivity index (χ3v) is 3.83. The molecule has 1 atom stereocenters. The van der Waals surface area contributed by atoms with Crippen molar-refractivity contribution >= 4 is 11.5 Å². The van der Waals surface area contributed by atoms with Crippen molar-refractivity contribution in [2.75, 3.05) is 25.4 Å². The zero-order chi connectivity index (χ0) is 14.7. The van der Waals surface area contributed by atoms with Gasteiger partial charge in [0.15, 0.2) is 11.5 Å². The lowest BCUT2D eigenvalue weighted by Crippen LogP contribution is -2.13. The highest BCUT2D eigenvalue weighted by Gasteiger charge is 2.19. The summed E-state index contributed by atoms with van der Waals surface area (Å²) in [4.78, 5) is 8.50. The fraction of sp³-hybridized carbons (Fsp3) is 0.643. The molecular formula is C14H22N6O. The fourth-order valence-electron chi connectivity index (χ4n) is 2.62. The molecule has 7 heteroatoms. The summed E-state index contributed by atoms with van der Waals surface area (Å²) in [6.07, 6.45) is 6.02. The van der Waals surface area contributed by atoms with Crippen molar-refractivity contribution in [2.24, 2.45) is 5.92 Å². The lowest BCUT2D eigenvalue weighted by molar-refractivity contribution is 0.280. The summed E-state index contributed by atoms with van der Waals surface area (Å²) >= 11 is 0. The van der Waals surface area contributed by atoms with Crippen molar-refractivity contribution in [3.63, 3.8) is 0 Å². The first-order valence-electron chi connectivity index (χ1n) is 7.61. The van der Waals surface area contributed by atoms with Gasteiger partial charge in [0.05, 0.1) is 18.5 Å². The van der Waals surface area contributed by atoms with Gasteiger partial charge in [-0.3, -0.25) is 0 Å². The predicted octanol–water partition coefficient (Wildman–Crippen LogP) is 1.04. The minimum atomic E-state index is 0.331. The van der Waals surface area contributed by atoms with Gasteiger partial charge in [-0.2, -0.15) is 4.98 Å². The minimum absolute atomic E-state index is 0.331. The molecule has 1 aliphatic rings. The van der Waals surface area contributed by atoms with Crippen molar-refractivity contribution in [3.8, 4) is 6.01 Å². The van der Waals surface area contributed by atoms with E-state index >= 15 is 0 Å². The molecule has 0 radical (unpaired) electrons. The van der Waals surface area contributed by atoms with Crippen LogP contribution < -0.4 is 15.8 Å². The zero-order valence-corrected chi connectivity index (χ0v) is 12.4. The first kappa shape index (κ1) is 14.1. The van der Waals surface area contributed by atoms with Gasteiger partial charge in [-0.1, -0.05) is 13.3 Å². The number of unbranched alkanes of at least 4 members (excludes halogenated alkanes) is 1. The standard InChI is InChI=1S/C14H22N6O/c1-2-3-6-21-14-18-12(15)13-17-9-11(20(13)19-14)7-10-4-5-16-8-10/h9-10,16H,2-8H2,1H3,(H2,15,18,19). The Kier molecular flexibility index (Phi) is 4.19. The van der Waals surface area contributed by atoms with Gasteiger partial charge < -0.3 is 15.8 Å². The van der Waals surface area contributed by atoms with E-state index in [1.54, 1.807) is 4.52 Å². The molecule has 0 aromatic carbocycles. The van der Waals surface area contributed by atoms with Crippen LogP contribution in [0, 0.1) is 5.92 Å². The molecular weight excluding hydrogens is 268 g/mol. The number of ether oxygens (including phenoxy) is 1. The minimum Gasteiger partial charge on any atom is -0.462 e. The van der Waals surface area contributed by atoms with Crippen LogP contribution in [0.15, 0.2) is 6.20 Å². The summed E-state index contributed by atoms with van der Waals surface area (Å²) in [6, 6.07) is 0.331. The predicted molar refractivity (Wildman–Crippen MR) is 80.3 cm³/mol. The van der Waals surface area contributed by atoms with E-state index in [1.807, 2.05) is 6.20 Å². The number of anilines is 1. The topological polar surface area (TPSA) is 90.4 Å². The monoisotopic (exact) mass is 290 g/mol. The Bertz CT molecular complexity index is 605. The first-order chi connectivity index (χ1) is 10.3. The highest BCUT2D eigenvalue weighted by Crippen LogP contribution is 2.19. The van der Waals surface area contributed by atoms with E-state index in [0.717, 1.165) is 38.0 Å². The number of hydrogen-bond acceptors (Lipinski definition) is 6. The van der Waals surface area contributed by atoms with Crippen LogP contribution in [-0.2, 0) is 6.42 Å². The van der Waals surface area contributed by atoms with Crippen LogP contribution in [-0.4, -0.2) is 39.3 Å². The number of rotatable bonds is 6. The summed E-state index contributed by atoms with van der Waals surface area (Å²) in [6.45, 7) is 4.86. The maximum absolute atomic E-state index is 5.96. The van der Waals surface area contributed by atoms with Gasteiger partial charge in [0.1, 0.15) is 0 Å². The summed E-state index contributed by atoms with van der Waals surface area (Å²) < 4.78 is 7.35. The van der Waals surface area contributed by atoms with Crippen molar-refractivity contribution in [3.05, 3.63) is 11.9 Å². The maximum atomic E-state index is 5.96. The molecule has 3 heterocycles. The second-order valence-electron chi connectivity index (χ2n) is 5.53. The average Bonchev–Trinajstić information content (AvgIpc) is 3.11. The summed E-state index contributed by atoms with van der Waals surface area (Å²) in [5.41, 5.74) is 7.63. The molecule has 1 unspecified atom stereocenters. The van der Waals surface area contributed by atoms with Crippen molar-refractivity contribution in [1.82, 2.24) is 24.9 Å². The third kappa shape index (κ3) is 3.07. The van der Waals surface area contributed by atoms with E-state index in [4.69, 9.17) is 10.5 Å². The van der Waals surface area contributed by atoms with Gasteiger partial charge >= 0.3 is 6.01 Å². The first-order valence-corrected chi connectivity index (χ1v) is 7.61. The number of nitrogens with one attached hydrogen (secondary N) is 1. The van der Waals surface area contributed by atoms with Gasteiger partial charge in [-0.15, -0.1) is 5.10 Å². The van der Waals surface area contributed by atoms with Crippen molar-refractivity contribution < 1.29 is 4.74 Å². The largest absolute Gasteiger partial charge is 0.462 e. The Morgan fingerprint density at radius 2 is 2.43 bits per heavy atom. The smallest absolute Gasteiger partial charge is 0.336 e. The van der Waals surface area contributed by atoms with Gasteiger partial charge in [0.2, 0.25) is 0 Å². The lowest BCUT2D eigenvalue weighted by atomic mass is 10.0. The molecule has 0 bridgehead atoms. The molecule has 7 nitrogen and oxygen atoms in total. The van der Waals surface area contributed by atoms with Gasteiger partial charge in [-0.25, -0.2) is 9.50 Å². The molecule has 0 spiro atoms. The number of fused-ring (bicyclic) bond motifs is 1. The summed E-state index contributed by atoms with van der Waals surface area (Å²) in [5, 5.41) is 7.81. The van der Waals surface area contributed by atoms with Crippen LogP contribution in [0.25, 0.3) is 5.65 Å². The Morgan fingerprint density at radius 1 is 1.52 bits per heavy atom. The van der Waals surface area contributed by atoms with Crippen LogP contribution in [0.3, 0.4) is 0 Å². The second-order valence-corrected chi connectivity index (χ2v) is 5.53. The average molecular weight is 290 g/mol. The van der Waals surface area contributed by atoms with Crippen LogP contribution in [0.1, 0.15) is 31.9 Å². The quantitative estimate of drug-likeness (QED) is 0.772. The SMILES string of the molecule is CCCCOc1nc(N)c2ncc(CC3CCNC3)n2n1. The third-order valence-electron chi connectivity index (χ3n) is 3.83. The lowest BCUT2D eigenvalue weighted by Gasteiger charge is -2.09. The number of nitrogens with two attached hydrogens (primary N) is 1. The van der Waals surface area contributed by atoms with E-state index in [2.05, 4.69) is 27.3 Å². The maximum Gasteiger partial charge on any atom is 0.336 e. The van der Waals surface area contributed by atoms with E-state index in [9.17, 15) is 0 Å². The molecule has 3 N–H and O–H groups in total. The second kappa shape index (κ2) is 6.26. The van der Waals surface area contributed by atoms with Crippen LogP contribution in [0.2, 0.25) is 0 Å². The number of hydrogen-bond donors (Lipinski definition) is 2. The molecule has 1 fully saturated rings. The molecule has 0 saturated carbocycles. The Morgan fingerprint density at radius 3 is 3.19 bits per heavy atom. The number of nitrogen functional groups attached to an aromatic ring is 1. The number of imidazole rings is 1. The summed E-state index contributed by atoms with van der Waals surface area (Å²) in [7, 11) is 0. The number of aromatic nitrogens is 4. The Balaban J connectivity index is 1.83. The molecule has 3 rings (SSSR count). The normalized spacial score (nSPS) is 18.4. The van der Waals surface area contributed by atoms with E-state index in [1.165, 1.54) is 6.42 Å². The van der Waals surface area contributed by atoms with Gasteiger partial charge in [-0.05, 0) is 38.3 Å². The molecule has 0 amide bonds. The van der Waals surface area contributed by atoms with E-state index in [0.29, 0.717) is 30.0 Å².